The fourth-order valence-corrected chi connectivity index (χ4v) is 1.67. The van der Waals surface area contributed by atoms with E-state index < -0.39 is 12.1 Å². The van der Waals surface area contributed by atoms with E-state index in [0.717, 1.165) is 9.86 Å². The summed E-state index contributed by atoms with van der Waals surface area (Å²) in [4.78, 5) is 10.5. The summed E-state index contributed by atoms with van der Waals surface area (Å²) in [6.45, 7) is 0. The van der Waals surface area contributed by atoms with E-state index in [2.05, 4.69) is 15.9 Å². The van der Waals surface area contributed by atoms with Gasteiger partial charge in [-0.1, -0.05) is 15.9 Å². The molecule has 0 aliphatic heterocycles. The van der Waals surface area contributed by atoms with E-state index in [-0.39, 0.29) is 5.76 Å². The summed E-state index contributed by atoms with van der Waals surface area (Å²) >= 11 is 3.29. The second-order valence-corrected chi connectivity index (χ2v) is 3.99. The first-order valence-corrected chi connectivity index (χ1v) is 4.97. The first kappa shape index (κ1) is 10.2. The number of rotatable bonds is 2. The van der Waals surface area contributed by atoms with Gasteiger partial charge < -0.3 is 14.6 Å². The normalized spacial score (nSPS) is 12.9. The minimum Gasteiger partial charge on any atom is -0.479 e. The van der Waals surface area contributed by atoms with Gasteiger partial charge >= 0.3 is 5.97 Å². The zero-order valence-electron chi connectivity index (χ0n) is 7.48. The van der Waals surface area contributed by atoms with Crippen molar-refractivity contribution in [3.8, 4) is 0 Å². The Bertz CT molecular complexity index is 517. The van der Waals surface area contributed by atoms with Crippen molar-refractivity contribution in [2.45, 2.75) is 6.10 Å². The topological polar surface area (TPSA) is 70.7 Å². The summed E-state index contributed by atoms with van der Waals surface area (Å²) in [7, 11) is 0. The molecule has 0 aliphatic rings. The molecule has 1 atom stereocenters. The number of carboxylic acids is 1. The lowest BCUT2D eigenvalue weighted by atomic mass is 10.2. The molecule has 1 aromatic heterocycles. The average Bonchev–Trinajstić information content (AvgIpc) is 2.58. The number of carboxylic acid groups (broad SMARTS) is 1. The molecule has 4 nitrogen and oxygen atoms in total. The Morgan fingerprint density at radius 1 is 1.40 bits per heavy atom. The maximum atomic E-state index is 10.5. The van der Waals surface area contributed by atoms with E-state index in [1.54, 1.807) is 18.2 Å². The van der Waals surface area contributed by atoms with Gasteiger partial charge in [-0.3, -0.25) is 0 Å². The molecule has 0 spiro atoms. The van der Waals surface area contributed by atoms with Crippen LogP contribution in [-0.2, 0) is 4.79 Å². The summed E-state index contributed by atoms with van der Waals surface area (Å²) < 4.78 is 6.06. The minimum atomic E-state index is -1.61. The number of benzene rings is 1. The van der Waals surface area contributed by atoms with Crippen molar-refractivity contribution in [2.24, 2.45) is 0 Å². The molecule has 0 fully saturated rings. The van der Waals surface area contributed by atoms with Crippen LogP contribution in [0.15, 0.2) is 33.2 Å². The molecule has 0 bridgehead atoms. The number of fused-ring (bicyclic) bond motifs is 1. The van der Waals surface area contributed by atoms with Gasteiger partial charge in [0.25, 0.3) is 0 Å². The highest BCUT2D eigenvalue weighted by molar-refractivity contribution is 9.10. The number of hydrogen-bond donors (Lipinski definition) is 2. The molecule has 2 N–H and O–H groups in total. The zero-order chi connectivity index (χ0) is 11.0. The Morgan fingerprint density at radius 2 is 2.13 bits per heavy atom. The monoisotopic (exact) mass is 270 g/mol. The average molecular weight is 271 g/mol. The lowest BCUT2D eigenvalue weighted by Crippen LogP contribution is -2.09. The molecular weight excluding hydrogens is 264 g/mol. The van der Waals surface area contributed by atoms with Gasteiger partial charge in [-0.15, -0.1) is 0 Å². The van der Waals surface area contributed by atoms with Crippen molar-refractivity contribution in [3.63, 3.8) is 0 Å². The third-order valence-electron chi connectivity index (χ3n) is 2.00. The van der Waals surface area contributed by atoms with Gasteiger partial charge in [0.15, 0.2) is 0 Å². The lowest BCUT2D eigenvalue weighted by molar-refractivity contribution is -0.147. The van der Waals surface area contributed by atoms with Crippen molar-refractivity contribution in [1.29, 1.82) is 0 Å². The number of aliphatic hydroxyl groups is 1. The zero-order valence-corrected chi connectivity index (χ0v) is 9.06. The smallest absolute Gasteiger partial charge is 0.340 e. The summed E-state index contributed by atoms with van der Waals surface area (Å²) in [6, 6.07) is 6.79. The molecule has 0 radical (unpaired) electrons. The van der Waals surface area contributed by atoms with Gasteiger partial charge in [0.05, 0.1) is 0 Å². The summed E-state index contributed by atoms with van der Waals surface area (Å²) in [5, 5.41) is 18.6. The van der Waals surface area contributed by atoms with Crippen molar-refractivity contribution in [1.82, 2.24) is 0 Å². The van der Waals surface area contributed by atoms with Crippen LogP contribution >= 0.6 is 15.9 Å². The second-order valence-electron chi connectivity index (χ2n) is 3.07. The van der Waals surface area contributed by atoms with Crippen LogP contribution in [-0.4, -0.2) is 16.2 Å². The molecule has 2 rings (SSSR count). The van der Waals surface area contributed by atoms with Gasteiger partial charge in [-0.25, -0.2) is 4.79 Å². The van der Waals surface area contributed by atoms with E-state index in [1.165, 1.54) is 6.07 Å². The van der Waals surface area contributed by atoms with Crippen LogP contribution in [0.5, 0.6) is 0 Å². The molecule has 15 heavy (non-hydrogen) atoms. The molecule has 0 saturated carbocycles. The number of furan rings is 1. The Balaban J connectivity index is 2.51. The van der Waals surface area contributed by atoms with E-state index in [0.29, 0.717) is 5.58 Å². The van der Waals surface area contributed by atoms with Crippen LogP contribution < -0.4 is 0 Å². The van der Waals surface area contributed by atoms with Gasteiger partial charge in [0, 0.05) is 9.86 Å². The van der Waals surface area contributed by atoms with Crippen LogP contribution in [0.1, 0.15) is 11.9 Å². The highest BCUT2D eigenvalue weighted by Gasteiger charge is 2.20. The van der Waals surface area contributed by atoms with Crippen LogP contribution in [0.25, 0.3) is 11.0 Å². The first-order valence-electron chi connectivity index (χ1n) is 4.18. The van der Waals surface area contributed by atoms with E-state index in [4.69, 9.17) is 9.52 Å². The van der Waals surface area contributed by atoms with Crippen LogP contribution in [0.2, 0.25) is 0 Å². The van der Waals surface area contributed by atoms with E-state index in [9.17, 15) is 9.90 Å². The molecule has 0 amide bonds. The van der Waals surface area contributed by atoms with E-state index >= 15 is 0 Å². The Kier molecular flexibility index (Phi) is 2.50. The summed E-state index contributed by atoms with van der Waals surface area (Å²) in [5.74, 6) is -1.29. The highest BCUT2D eigenvalue weighted by atomic mass is 79.9. The number of hydrogen-bond acceptors (Lipinski definition) is 3. The minimum absolute atomic E-state index is 0.0376. The molecule has 1 heterocycles. The third kappa shape index (κ3) is 1.88. The molecule has 0 aliphatic carbocycles. The highest BCUT2D eigenvalue weighted by Crippen LogP contribution is 2.26. The van der Waals surface area contributed by atoms with E-state index in [1.807, 2.05) is 0 Å². The van der Waals surface area contributed by atoms with Gasteiger partial charge in [0.2, 0.25) is 6.10 Å². The second kappa shape index (κ2) is 3.67. The van der Waals surface area contributed by atoms with Gasteiger partial charge in [-0.05, 0) is 24.3 Å². The number of carbonyl (C=O) groups is 1. The number of aliphatic hydroxyl groups excluding tert-OH is 1. The van der Waals surface area contributed by atoms with Crippen molar-refractivity contribution in [2.75, 3.05) is 0 Å². The molecule has 0 saturated heterocycles. The lowest BCUT2D eigenvalue weighted by Gasteiger charge is -1.98. The maximum absolute atomic E-state index is 10.5. The first-order chi connectivity index (χ1) is 7.08. The summed E-state index contributed by atoms with van der Waals surface area (Å²) in [5.41, 5.74) is 0.550. The third-order valence-corrected chi connectivity index (χ3v) is 2.49. The van der Waals surface area contributed by atoms with Gasteiger partial charge in [0.1, 0.15) is 11.3 Å². The fraction of sp³-hybridized carbons (Fsp3) is 0.100. The molecule has 78 valence electrons. The maximum Gasteiger partial charge on any atom is 0.340 e. The predicted octanol–water partition coefficient (Wildman–Crippen LogP) is 2.31. The van der Waals surface area contributed by atoms with Crippen LogP contribution in [0.3, 0.4) is 0 Å². The summed E-state index contributed by atoms with van der Waals surface area (Å²) in [6.07, 6.45) is -1.61. The van der Waals surface area contributed by atoms with Crippen molar-refractivity contribution in [3.05, 3.63) is 34.5 Å². The Hall–Kier alpha value is -1.33. The fourth-order valence-electron chi connectivity index (χ4n) is 1.29. The van der Waals surface area contributed by atoms with Gasteiger partial charge in [-0.2, -0.15) is 0 Å². The van der Waals surface area contributed by atoms with Crippen LogP contribution in [0.4, 0.5) is 0 Å². The molecule has 2 aromatic rings. The molecule has 1 unspecified atom stereocenters. The van der Waals surface area contributed by atoms with Crippen molar-refractivity contribution >= 4 is 32.9 Å². The Labute approximate surface area is 93.3 Å². The van der Waals surface area contributed by atoms with Crippen molar-refractivity contribution < 1.29 is 19.4 Å². The number of aliphatic carboxylic acids is 1. The standard InChI is InChI=1S/C10H7BrO4/c11-6-1-2-7-5(3-6)4-8(15-7)9(12)10(13)14/h1-4,9,12H,(H,13,14). The Morgan fingerprint density at radius 3 is 2.80 bits per heavy atom. The molecular formula is C10H7BrO4. The quantitative estimate of drug-likeness (QED) is 0.879. The SMILES string of the molecule is O=C(O)C(O)c1cc2cc(Br)ccc2o1. The molecule has 5 heteroatoms. The predicted molar refractivity (Wildman–Crippen MR) is 56.5 cm³/mol. The largest absolute Gasteiger partial charge is 0.479 e. The van der Waals surface area contributed by atoms with Crippen LogP contribution in [0, 0.1) is 0 Å². The number of halogens is 1. The molecule has 1 aromatic carbocycles.